The van der Waals surface area contributed by atoms with E-state index in [1.807, 2.05) is 13.8 Å². The van der Waals surface area contributed by atoms with Crippen molar-refractivity contribution in [2.24, 2.45) is 16.7 Å². The Hall–Kier alpha value is -2.24. The van der Waals surface area contributed by atoms with E-state index in [1.165, 1.54) is 26.4 Å². The second kappa shape index (κ2) is 24.8. The number of carbonyl (C=O) groups is 4. The van der Waals surface area contributed by atoms with Crippen LogP contribution >= 0.6 is 0 Å². The summed E-state index contributed by atoms with van der Waals surface area (Å²) in [5, 5.41) is 16.8. The van der Waals surface area contributed by atoms with Crippen molar-refractivity contribution >= 4 is 23.9 Å². The third-order valence-electron chi connectivity index (χ3n) is 6.93. The number of hydrogen-bond acceptors (Lipinski definition) is 13. The van der Waals surface area contributed by atoms with E-state index in [1.54, 1.807) is 36.4 Å². The first kappa shape index (κ1) is 48.9. The zero-order valence-corrected chi connectivity index (χ0v) is 31.0. The normalized spacial score (nSPS) is 15.7. The summed E-state index contributed by atoms with van der Waals surface area (Å²) >= 11 is 0. The number of carbonyl (C=O) groups excluding carboxylic acids is 4. The monoisotopic (exact) mass is 718 g/mol. The molecule has 0 aromatic heterocycles. The van der Waals surface area contributed by atoms with Crippen LogP contribution in [0.15, 0.2) is 48.5 Å². The summed E-state index contributed by atoms with van der Waals surface area (Å²) in [4.78, 5) is 46.3. The van der Waals surface area contributed by atoms with Crippen molar-refractivity contribution in [3.05, 3.63) is 70.8 Å². The van der Waals surface area contributed by atoms with Crippen molar-refractivity contribution in [1.29, 1.82) is 0 Å². The quantitative estimate of drug-likeness (QED) is 0.212. The van der Waals surface area contributed by atoms with E-state index in [4.69, 9.17) is 33.9 Å². The summed E-state index contributed by atoms with van der Waals surface area (Å²) in [5.74, 6) is -1.56. The minimum atomic E-state index is -0.476. The van der Waals surface area contributed by atoms with Crippen molar-refractivity contribution in [3.63, 3.8) is 0 Å². The van der Waals surface area contributed by atoms with E-state index >= 15 is 0 Å². The van der Waals surface area contributed by atoms with Crippen molar-refractivity contribution in [3.8, 4) is 0 Å². The van der Waals surface area contributed by atoms with Gasteiger partial charge in [0.25, 0.3) is 0 Å². The Morgan fingerprint density at radius 2 is 1.10 bits per heavy atom. The molecule has 0 radical (unpaired) electrons. The summed E-state index contributed by atoms with van der Waals surface area (Å²) in [6, 6.07) is 12.6. The minimum absolute atomic E-state index is 0. The molecule has 2 aromatic rings. The molecular formula is C35H51KO13. The minimum Gasteiger partial charge on any atom is -0.857 e. The van der Waals surface area contributed by atoms with Crippen LogP contribution in [0.25, 0.3) is 0 Å². The van der Waals surface area contributed by atoms with E-state index in [-0.39, 0.29) is 89.6 Å². The van der Waals surface area contributed by atoms with Gasteiger partial charge >= 0.3 is 75.3 Å². The van der Waals surface area contributed by atoms with Gasteiger partial charge in [0.15, 0.2) is 0 Å². The molecule has 3 fully saturated rings. The van der Waals surface area contributed by atoms with Crippen LogP contribution in [-0.4, -0.2) is 110 Å². The smallest absolute Gasteiger partial charge is 0.857 e. The Morgan fingerprint density at radius 1 is 0.714 bits per heavy atom. The Balaban J connectivity index is 0. The molecule has 0 bridgehead atoms. The van der Waals surface area contributed by atoms with Crippen LogP contribution in [0.4, 0.5) is 0 Å². The molecule has 0 spiro atoms. The second-order valence-electron chi connectivity index (χ2n) is 11.5. The maximum atomic E-state index is 12.1. The largest absolute Gasteiger partial charge is 1.00 e. The fourth-order valence-electron chi connectivity index (χ4n) is 3.84. The summed E-state index contributed by atoms with van der Waals surface area (Å²) in [6.07, 6.45) is 0. The molecule has 13 nitrogen and oxygen atoms in total. The van der Waals surface area contributed by atoms with E-state index in [9.17, 15) is 19.2 Å². The van der Waals surface area contributed by atoms with Gasteiger partial charge in [-0.15, -0.1) is 0 Å². The van der Waals surface area contributed by atoms with Crippen molar-refractivity contribution in [1.82, 2.24) is 0 Å². The molecule has 3 aliphatic rings. The first-order valence-electron chi connectivity index (χ1n) is 14.5. The number of aliphatic hydroxyl groups excluding tert-OH is 1. The van der Waals surface area contributed by atoms with E-state index in [2.05, 4.69) is 9.47 Å². The summed E-state index contributed by atoms with van der Waals surface area (Å²) in [7, 11) is 3.32. The first-order valence-corrected chi connectivity index (χ1v) is 14.5. The number of hydrogen-bond donors (Lipinski definition) is 1. The van der Waals surface area contributed by atoms with Gasteiger partial charge in [0.2, 0.25) is 0 Å². The van der Waals surface area contributed by atoms with Gasteiger partial charge in [-0.2, -0.15) is 7.11 Å². The number of benzene rings is 2. The molecule has 1 N–H and O–H groups in total. The van der Waals surface area contributed by atoms with E-state index < -0.39 is 23.9 Å². The Bertz CT molecular complexity index is 1250. The molecule has 3 saturated heterocycles. The topological polar surface area (TPSA) is 176 Å². The molecule has 2 aromatic carbocycles. The number of ether oxygens (including phenoxy) is 7. The third kappa shape index (κ3) is 16.1. The van der Waals surface area contributed by atoms with Gasteiger partial charge in [0.1, 0.15) is 6.61 Å². The summed E-state index contributed by atoms with van der Waals surface area (Å²) < 4.78 is 34.6. The zero-order valence-electron chi connectivity index (χ0n) is 27.9. The molecule has 14 heteroatoms. The van der Waals surface area contributed by atoms with Gasteiger partial charge in [-0.1, -0.05) is 40.8 Å². The Kier molecular flexibility index (Phi) is 24.8. The molecule has 5 rings (SSSR count). The first-order chi connectivity index (χ1) is 22.0. The number of aliphatic hydroxyl groups is 1. The van der Waals surface area contributed by atoms with Crippen molar-refractivity contribution < 1.29 is 114 Å². The van der Waals surface area contributed by atoms with Crippen LogP contribution in [-0.2, 0) is 33.2 Å². The average molecular weight is 719 g/mol. The van der Waals surface area contributed by atoms with Crippen LogP contribution in [0.5, 0.6) is 0 Å². The van der Waals surface area contributed by atoms with Crippen LogP contribution in [0.3, 0.4) is 0 Å². The Morgan fingerprint density at radius 3 is 1.39 bits per heavy atom. The molecule has 270 valence electrons. The molecule has 0 amide bonds. The van der Waals surface area contributed by atoms with Crippen LogP contribution in [0, 0.1) is 16.7 Å². The number of rotatable bonds is 9. The Labute approximate surface area is 332 Å². The predicted molar refractivity (Wildman–Crippen MR) is 175 cm³/mol. The molecule has 3 aliphatic heterocycles. The van der Waals surface area contributed by atoms with Gasteiger partial charge in [-0.05, 0) is 36.4 Å². The van der Waals surface area contributed by atoms with Gasteiger partial charge in [-0.3, -0.25) is 0 Å². The fraction of sp³-hybridized carbons (Fsp3) is 0.543. The SMILES string of the molecule is C.C.CC1(CO)COC1.CC1(COC(=O)c2cccc(C(=O)OCC3COC3)c2)COC1.COC(=O)c1cccc(C(=O)OC)c1.C[O-].[K+]. The molecule has 0 aliphatic carbocycles. The molecular weight excluding hydrogens is 667 g/mol. The van der Waals surface area contributed by atoms with Gasteiger partial charge < -0.3 is 43.4 Å². The number of methoxy groups -OCH3 is 2. The molecule has 49 heavy (non-hydrogen) atoms. The van der Waals surface area contributed by atoms with Gasteiger partial charge in [-0.25, -0.2) is 19.2 Å². The molecule has 0 saturated carbocycles. The fourth-order valence-corrected chi connectivity index (χ4v) is 3.84. The maximum Gasteiger partial charge on any atom is 1.00 e. The van der Waals surface area contributed by atoms with E-state index in [0.29, 0.717) is 61.9 Å². The van der Waals surface area contributed by atoms with Gasteiger partial charge in [0, 0.05) is 16.7 Å². The molecule has 3 heterocycles. The third-order valence-corrected chi connectivity index (χ3v) is 6.93. The van der Waals surface area contributed by atoms with Crippen LogP contribution in [0.2, 0.25) is 0 Å². The van der Waals surface area contributed by atoms with Crippen molar-refractivity contribution in [2.45, 2.75) is 28.7 Å². The molecule has 0 unspecified atom stereocenters. The average Bonchev–Trinajstić information content (AvgIpc) is 3.05. The van der Waals surface area contributed by atoms with E-state index in [0.717, 1.165) is 20.3 Å². The summed E-state index contributed by atoms with van der Waals surface area (Å²) in [5.41, 5.74) is 1.34. The van der Waals surface area contributed by atoms with Gasteiger partial charge in [0.05, 0.1) is 89.3 Å². The molecule has 0 atom stereocenters. The van der Waals surface area contributed by atoms with Crippen molar-refractivity contribution in [2.75, 3.05) is 80.8 Å². The standard InChI is InChI=1S/C17H20O6.C10H10O4.C5H10O2.CH3O.2CH4.K/c1-17(9-21-10-17)11-23-16(19)14-4-2-3-13(5-14)15(18)22-8-12-6-20-7-12;1-13-9(11)7-4-3-5-8(6-7)10(12)14-2;1-5(2-6)3-7-4-5;1-2;;;/h2-5,12H,6-11H2,1H3;3-6H,1-2H3;6H,2-4H2,1H3;1H3;2*1H4;/q;;;-1;;;+1. The van der Waals surface area contributed by atoms with Crippen LogP contribution < -0.4 is 56.5 Å². The zero-order chi connectivity index (χ0) is 34.2. The van der Waals surface area contributed by atoms with Crippen LogP contribution in [0.1, 0.15) is 70.1 Å². The maximum absolute atomic E-state index is 12.1. The number of esters is 4. The predicted octanol–water partition coefficient (Wildman–Crippen LogP) is 0.211. The summed E-state index contributed by atoms with van der Waals surface area (Å²) in [6.45, 7) is 8.81. The second-order valence-corrected chi connectivity index (χ2v) is 11.5.